The lowest BCUT2D eigenvalue weighted by Crippen LogP contribution is -2.41. The molecule has 1 aliphatic carbocycles. The first-order valence-corrected chi connectivity index (χ1v) is 9.27. The summed E-state index contributed by atoms with van der Waals surface area (Å²) in [6, 6.07) is 5.88. The van der Waals surface area contributed by atoms with E-state index in [1.165, 1.54) is 11.3 Å². The maximum atomic E-state index is 12.2. The number of rotatable bonds is 4. The minimum Gasteiger partial charge on any atom is -0.474 e. The number of fused-ring (bicyclic) bond motifs is 1. The Bertz CT molecular complexity index is 743. The van der Waals surface area contributed by atoms with Gasteiger partial charge in [0, 0.05) is 13.1 Å². The van der Waals surface area contributed by atoms with Crippen molar-refractivity contribution in [3.63, 3.8) is 0 Å². The second-order valence-corrected chi connectivity index (χ2v) is 7.55. The predicted molar refractivity (Wildman–Crippen MR) is 93.8 cm³/mol. The number of aromatic nitrogens is 1. The van der Waals surface area contributed by atoms with Gasteiger partial charge in [0.05, 0.1) is 15.7 Å². The molecular formula is C18H22N2O3S. The summed E-state index contributed by atoms with van der Waals surface area (Å²) in [5.41, 5.74) is 3.61. The molecule has 24 heavy (non-hydrogen) atoms. The van der Waals surface area contributed by atoms with Crippen molar-refractivity contribution in [2.24, 2.45) is 11.8 Å². The van der Waals surface area contributed by atoms with Crippen LogP contribution in [0.5, 0.6) is 0 Å². The van der Waals surface area contributed by atoms with Gasteiger partial charge in [0.2, 0.25) is 0 Å². The second kappa shape index (κ2) is 7.30. The number of nitrogens with zero attached hydrogens (tertiary/aromatic N) is 2. The van der Waals surface area contributed by atoms with Gasteiger partial charge in [0.1, 0.15) is 0 Å². The summed E-state index contributed by atoms with van der Waals surface area (Å²) in [7, 11) is 0. The van der Waals surface area contributed by atoms with Crippen molar-refractivity contribution in [1.82, 2.24) is 9.88 Å². The van der Waals surface area contributed by atoms with E-state index in [1.54, 1.807) is 16.8 Å². The Morgan fingerprint density at radius 1 is 1.33 bits per heavy atom. The summed E-state index contributed by atoms with van der Waals surface area (Å²) in [6.07, 6.45) is 4.61. The largest absolute Gasteiger partial charge is 0.474 e. The number of hydrogen-bond donors (Lipinski definition) is 1. The lowest BCUT2D eigenvalue weighted by molar-refractivity contribution is -0.156. The number of amides is 1. The third kappa shape index (κ3) is 3.75. The highest BCUT2D eigenvalue weighted by atomic mass is 32.1. The topological polar surface area (TPSA) is 70.5 Å². The van der Waals surface area contributed by atoms with E-state index in [0.717, 1.165) is 35.0 Å². The van der Waals surface area contributed by atoms with E-state index in [2.05, 4.69) is 11.9 Å². The molecule has 3 rings (SSSR count). The average Bonchev–Trinajstić information content (AvgIpc) is 3.03. The van der Waals surface area contributed by atoms with Gasteiger partial charge in [-0.05, 0) is 36.0 Å². The SMILES string of the molecule is CC1CCCCC1CN(Cc1ccc2scnc2c1)C(=O)C(=O)O. The molecule has 5 nitrogen and oxygen atoms in total. The van der Waals surface area contributed by atoms with Gasteiger partial charge in [-0.25, -0.2) is 9.78 Å². The van der Waals surface area contributed by atoms with Crippen LogP contribution in [0.4, 0.5) is 0 Å². The molecule has 6 heteroatoms. The van der Waals surface area contributed by atoms with E-state index in [-0.39, 0.29) is 0 Å². The van der Waals surface area contributed by atoms with E-state index >= 15 is 0 Å². The first kappa shape index (κ1) is 16.9. The van der Waals surface area contributed by atoms with Crippen LogP contribution >= 0.6 is 11.3 Å². The number of benzene rings is 1. The molecule has 1 amide bonds. The fraction of sp³-hybridized carbons (Fsp3) is 0.500. The fourth-order valence-corrected chi connectivity index (χ4v) is 4.18. The summed E-state index contributed by atoms with van der Waals surface area (Å²) in [6.45, 7) is 3.04. The van der Waals surface area contributed by atoms with Crippen LogP contribution < -0.4 is 0 Å². The van der Waals surface area contributed by atoms with Crippen molar-refractivity contribution in [3.8, 4) is 0 Å². The maximum Gasteiger partial charge on any atom is 0.394 e. The Hall–Kier alpha value is -1.95. The molecule has 0 spiro atoms. The van der Waals surface area contributed by atoms with Crippen LogP contribution in [0.1, 0.15) is 38.2 Å². The second-order valence-electron chi connectivity index (χ2n) is 6.67. The zero-order chi connectivity index (χ0) is 17.1. The van der Waals surface area contributed by atoms with Crippen molar-refractivity contribution in [2.45, 2.75) is 39.2 Å². The van der Waals surface area contributed by atoms with E-state index in [4.69, 9.17) is 5.11 Å². The van der Waals surface area contributed by atoms with Gasteiger partial charge in [-0.15, -0.1) is 11.3 Å². The zero-order valence-corrected chi connectivity index (χ0v) is 14.6. The number of thiazole rings is 1. The first-order valence-electron chi connectivity index (χ1n) is 8.39. The van der Waals surface area contributed by atoms with Gasteiger partial charge >= 0.3 is 11.9 Å². The lowest BCUT2D eigenvalue weighted by atomic mass is 9.80. The molecule has 2 unspecified atom stereocenters. The molecule has 0 bridgehead atoms. The van der Waals surface area contributed by atoms with Gasteiger partial charge in [-0.1, -0.05) is 32.3 Å². The monoisotopic (exact) mass is 346 g/mol. The highest BCUT2D eigenvalue weighted by Gasteiger charge is 2.28. The molecule has 2 aromatic rings. The lowest BCUT2D eigenvalue weighted by Gasteiger charge is -2.33. The Morgan fingerprint density at radius 2 is 2.12 bits per heavy atom. The molecule has 0 radical (unpaired) electrons. The number of carboxylic acids is 1. The van der Waals surface area contributed by atoms with Gasteiger partial charge in [-0.2, -0.15) is 0 Å². The van der Waals surface area contributed by atoms with Crippen molar-refractivity contribution < 1.29 is 14.7 Å². The van der Waals surface area contributed by atoms with Crippen LogP contribution in [0.25, 0.3) is 10.2 Å². The molecule has 1 aromatic heterocycles. The van der Waals surface area contributed by atoms with E-state index < -0.39 is 11.9 Å². The molecule has 1 aromatic carbocycles. The number of carbonyl (C=O) groups excluding carboxylic acids is 1. The number of carboxylic acid groups (broad SMARTS) is 1. The van der Waals surface area contributed by atoms with Crippen molar-refractivity contribution >= 4 is 33.4 Å². The third-order valence-corrected chi connectivity index (χ3v) is 5.79. The van der Waals surface area contributed by atoms with E-state index in [0.29, 0.717) is 24.9 Å². The Morgan fingerprint density at radius 3 is 2.88 bits per heavy atom. The molecule has 0 aliphatic heterocycles. The molecule has 128 valence electrons. The van der Waals surface area contributed by atoms with Crippen LogP contribution in [-0.4, -0.2) is 33.4 Å². The first-order chi connectivity index (χ1) is 11.5. The molecule has 1 fully saturated rings. The summed E-state index contributed by atoms with van der Waals surface area (Å²) in [5, 5.41) is 9.16. The molecule has 1 N–H and O–H groups in total. The van der Waals surface area contributed by atoms with Crippen LogP contribution in [-0.2, 0) is 16.1 Å². The highest BCUT2D eigenvalue weighted by Crippen LogP contribution is 2.30. The number of hydrogen-bond acceptors (Lipinski definition) is 4. The highest BCUT2D eigenvalue weighted by molar-refractivity contribution is 7.16. The molecule has 1 heterocycles. The van der Waals surface area contributed by atoms with Gasteiger partial charge in [-0.3, -0.25) is 4.79 Å². The van der Waals surface area contributed by atoms with Gasteiger partial charge in [0.25, 0.3) is 0 Å². The van der Waals surface area contributed by atoms with Gasteiger partial charge < -0.3 is 10.0 Å². The van der Waals surface area contributed by atoms with Crippen LogP contribution in [0.15, 0.2) is 23.7 Å². The van der Waals surface area contributed by atoms with Crippen LogP contribution in [0, 0.1) is 11.8 Å². The van der Waals surface area contributed by atoms with Gasteiger partial charge in [0.15, 0.2) is 0 Å². The van der Waals surface area contributed by atoms with E-state index in [9.17, 15) is 9.59 Å². The molecule has 1 aliphatic rings. The maximum absolute atomic E-state index is 12.2. The summed E-state index contributed by atoms with van der Waals surface area (Å²) in [5.74, 6) is -1.28. The summed E-state index contributed by atoms with van der Waals surface area (Å²) < 4.78 is 1.09. The third-order valence-electron chi connectivity index (χ3n) is 4.98. The Labute approximate surface area is 145 Å². The van der Waals surface area contributed by atoms with Crippen molar-refractivity contribution in [2.75, 3.05) is 6.54 Å². The Balaban J connectivity index is 1.78. The molecule has 2 atom stereocenters. The number of aliphatic carboxylic acids is 1. The van der Waals surface area contributed by atoms with Crippen LogP contribution in [0.2, 0.25) is 0 Å². The smallest absolute Gasteiger partial charge is 0.394 e. The van der Waals surface area contributed by atoms with Crippen molar-refractivity contribution in [1.29, 1.82) is 0 Å². The van der Waals surface area contributed by atoms with Crippen LogP contribution in [0.3, 0.4) is 0 Å². The molecule has 0 saturated heterocycles. The van der Waals surface area contributed by atoms with E-state index in [1.807, 2.05) is 18.2 Å². The zero-order valence-electron chi connectivity index (χ0n) is 13.8. The quantitative estimate of drug-likeness (QED) is 0.860. The summed E-state index contributed by atoms with van der Waals surface area (Å²) >= 11 is 1.57. The summed E-state index contributed by atoms with van der Waals surface area (Å²) in [4.78, 5) is 29.2. The Kier molecular flexibility index (Phi) is 5.14. The normalized spacial score (nSPS) is 20.9. The predicted octanol–water partition coefficient (Wildman–Crippen LogP) is 3.54. The molecule has 1 saturated carbocycles. The standard InChI is InChI=1S/C18H22N2O3S/c1-12-4-2-3-5-14(12)10-20(17(21)18(22)23)9-13-6-7-16-15(8-13)19-11-24-16/h6-8,11-12,14H,2-5,9-10H2,1H3,(H,22,23). The fourth-order valence-electron chi connectivity index (χ4n) is 3.52. The minimum atomic E-state index is -1.38. The number of carbonyl (C=O) groups is 2. The molecular weight excluding hydrogens is 324 g/mol. The average molecular weight is 346 g/mol. The van der Waals surface area contributed by atoms with Crippen molar-refractivity contribution in [3.05, 3.63) is 29.3 Å². The minimum absolute atomic E-state index is 0.321.